The van der Waals surface area contributed by atoms with Crippen molar-refractivity contribution in [3.63, 3.8) is 0 Å². The lowest BCUT2D eigenvalue weighted by Gasteiger charge is -2.21. The largest absolute Gasteiger partial charge is 0.481 e. The lowest BCUT2D eigenvalue weighted by Crippen LogP contribution is -2.12. The van der Waals surface area contributed by atoms with Gasteiger partial charge in [-0.05, 0) is 90.3 Å². The summed E-state index contributed by atoms with van der Waals surface area (Å²) in [5.41, 5.74) is 6.77. The number of aromatic nitrogens is 1. The van der Waals surface area contributed by atoms with E-state index in [1.807, 2.05) is 30.0 Å². The molecule has 3 nitrogen and oxygen atoms in total. The van der Waals surface area contributed by atoms with Gasteiger partial charge in [0.25, 0.3) is 0 Å². The summed E-state index contributed by atoms with van der Waals surface area (Å²) in [6.45, 7) is 0. The van der Waals surface area contributed by atoms with Crippen LogP contribution >= 0.6 is 46.3 Å². The average Bonchev–Trinajstić information content (AvgIpc) is 3.89. The van der Waals surface area contributed by atoms with Crippen LogP contribution in [0.1, 0.15) is 77.6 Å². The Balaban J connectivity index is 1.19. The topological polar surface area (TPSA) is 50.2 Å². The third-order valence-corrected chi connectivity index (χ3v) is 11.6. The van der Waals surface area contributed by atoms with Crippen LogP contribution in [0.5, 0.6) is 0 Å². The number of carboxylic acids is 1. The molecule has 2 aliphatic rings. The molecule has 1 N–H and O–H groups in total. The van der Waals surface area contributed by atoms with E-state index < -0.39 is 5.97 Å². The predicted octanol–water partition coefficient (Wildman–Crippen LogP) is 10.3. The molecule has 206 valence electrons. The van der Waals surface area contributed by atoms with E-state index in [1.165, 1.54) is 40.9 Å². The van der Waals surface area contributed by atoms with Crippen LogP contribution in [0.4, 0.5) is 0 Å². The number of benzene rings is 2. The molecule has 0 bridgehead atoms. The van der Waals surface area contributed by atoms with Gasteiger partial charge in [-0.1, -0.05) is 77.8 Å². The van der Waals surface area contributed by atoms with Crippen molar-refractivity contribution in [2.75, 3.05) is 5.75 Å². The van der Waals surface area contributed by atoms with Gasteiger partial charge in [-0.3, -0.25) is 4.79 Å². The van der Waals surface area contributed by atoms with Crippen LogP contribution in [-0.4, -0.2) is 21.8 Å². The molecule has 0 aliphatic heterocycles. The first kappa shape index (κ1) is 27.8. The molecule has 6 rings (SSSR count). The van der Waals surface area contributed by atoms with E-state index >= 15 is 0 Å². The molecule has 40 heavy (non-hydrogen) atoms. The molecule has 0 amide bonds. The Kier molecular flexibility index (Phi) is 8.28. The second-order valence-electron chi connectivity index (χ2n) is 11.2. The van der Waals surface area contributed by atoms with E-state index in [2.05, 4.69) is 54.6 Å². The summed E-state index contributed by atoms with van der Waals surface area (Å²) in [5.74, 6) is 0.975. The lowest BCUT2D eigenvalue weighted by molar-refractivity contribution is -0.138. The van der Waals surface area contributed by atoms with Gasteiger partial charge in [0, 0.05) is 11.0 Å². The predicted molar refractivity (Wildman–Crippen MR) is 171 cm³/mol. The fourth-order valence-corrected chi connectivity index (χ4v) is 8.22. The molecule has 2 heterocycles. The molecule has 1 atom stereocenters. The summed E-state index contributed by atoms with van der Waals surface area (Å²) < 4.78 is 1.55. The minimum absolute atomic E-state index is 0.0334. The van der Waals surface area contributed by atoms with Gasteiger partial charge in [-0.25, -0.2) is 4.98 Å². The van der Waals surface area contributed by atoms with Crippen LogP contribution in [0, 0.1) is 5.41 Å². The fourth-order valence-electron chi connectivity index (χ4n) is 5.24. The SMILES string of the molecule is O=C(O)CC1(CSC(CCc2ccc(C3CC3)cc2)c2cccc(/C=C/c3ccc4sc(Cl)c(Cl)c4n3)c2)CC1. The molecule has 0 spiro atoms. The first-order valence-electron chi connectivity index (χ1n) is 13.8. The van der Waals surface area contributed by atoms with Crippen LogP contribution in [0.2, 0.25) is 9.36 Å². The number of fused-ring (bicyclic) bond motifs is 1. The summed E-state index contributed by atoms with van der Waals surface area (Å²) in [4.78, 5) is 16.1. The van der Waals surface area contributed by atoms with E-state index in [1.54, 1.807) is 0 Å². The molecule has 0 saturated heterocycles. The number of thioether (sulfide) groups is 1. The maximum atomic E-state index is 11.5. The summed E-state index contributed by atoms with van der Waals surface area (Å²) in [5, 5.41) is 10.2. The summed E-state index contributed by atoms with van der Waals surface area (Å²) in [7, 11) is 0. The minimum Gasteiger partial charge on any atom is -0.481 e. The van der Waals surface area contributed by atoms with E-state index in [9.17, 15) is 9.90 Å². The highest BCUT2D eigenvalue weighted by Gasteiger charge is 2.44. The first-order valence-corrected chi connectivity index (χ1v) is 16.4. The molecule has 2 aliphatic carbocycles. The Morgan fingerprint density at radius 3 is 2.62 bits per heavy atom. The fraction of sp³-hybridized carbons (Fsp3) is 0.333. The number of nitrogens with zero attached hydrogens (tertiary/aromatic N) is 1. The number of carbonyl (C=O) groups is 1. The monoisotopic (exact) mass is 607 g/mol. The molecule has 4 aromatic rings. The van der Waals surface area contributed by atoms with Crippen molar-refractivity contribution in [1.29, 1.82) is 0 Å². The van der Waals surface area contributed by atoms with E-state index in [4.69, 9.17) is 28.2 Å². The average molecular weight is 609 g/mol. The smallest absolute Gasteiger partial charge is 0.303 e. The summed E-state index contributed by atoms with van der Waals surface area (Å²) >= 11 is 15.9. The molecular weight excluding hydrogens is 577 g/mol. The van der Waals surface area contributed by atoms with Crippen molar-refractivity contribution in [2.24, 2.45) is 5.41 Å². The zero-order valence-electron chi connectivity index (χ0n) is 22.1. The van der Waals surface area contributed by atoms with Gasteiger partial charge in [0.05, 0.1) is 21.8 Å². The van der Waals surface area contributed by atoms with Gasteiger partial charge in [-0.2, -0.15) is 11.8 Å². The van der Waals surface area contributed by atoms with Crippen molar-refractivity contribution >= 4 is 74.6 Å². The highest BCUT2D eigenvalue weighted by molar-refractivity contribution is 7.99. The molecule has 2 fully saturated rings. The Bertz CT molecular complexity index is 1550. The Labute approximate surface area is 253 Å². The third-order valence-electron chi connectivity index (χ3n) is 7.99. The molecule has 0 radical (unpaired) electrons. The van der Waals surface area contributed by atoms with Crippen molar-refractivity contribution in [1.82, 2.24) is 4.98 Å². The number of hydrogen-bond acceptors (Lipinski definition) is 4. The Morgan fingerprint density at radius 1 is 1.10 bits per heavy atom. The van der Waals surface area contributed by atoms with Gasteiger partial charge in [0.2, 0.25) is 0 Å². The standard InChI is InChI=1S/C33H31Cl2NO2S2/c34-30-31-28(40-32(30)35)15-13-26(36-31)12-6-22-2-1-3-25(18-22)27(39-20-33(16-17-33)19-29(37)38)14-7-21-4-8-23(9-5-21)24-10-11-24/h1-6,8-9,12-13,15,18,24,27H,7,10-11,14,16-17,19-20H2,(H,37,38)/b12-6+. The Morgan fingerprint density at radius 2 is 1.90 bits per heavy atom. The molecule has 7 heteroatoms. The highest BCUT2D eigenvalue weighted by atomic mass is 35.5. The molecule has 2 aromatic carbocycles. The van der Waals surface area contributed by atoms with Gasteiger partial charge < -0.3 is 5.11 Å². The maximum Gasteiger partial charge on any atom is 0.303 e. The third kappa shape index (κ3) is 6.76. The number of aliphatic carboxylic acids is 1. The van der Waals surface area contributed by atoms with Crippen molar-refractivity contribution in [3.8, 4) is 0 Å². The van der Waals surface area contributed by atoms with Crippen LogP contribution in [0.15, 0.2) is 60.7 Å². The maximum absolute atomic E-state index is 11.5. The number of carboxylic acid groups (broad SMARTS) is 1. The van der Waals surface area contributed by atoms with Crippen molar-refractivity contribution in [3.05, 3.63) is 98.0 Å². The number of rotatable bonds is 12. The Hall–Kier alpha value is -2.31. The number of aryl methyl sites for hydroxylation is 1. The van der Waals surface area contributed by atoms with Gasteiger partial charge in [0.15, 0.2) is 0 Å². The van der Waals surface area contributed by atoms with Crippen molar-refractivity contribution < 1.29 is 9.90 Å². The molecule has 2 aromatic heterocycles. The van der Waals surface area contributed by atoms with Gasteiger partial charge in [-0.15, -0.1) is 11.3 Å². The highest BCUT2D eigenvalue weighted by Crippen LogP contribution is 2.53. The van der Waals surface area contributed by atoms with E-state index in [-0.39, 0.29) is 11.8 Å². The van der Waals surface area contributed by atoms with E-state index in [0.717, 1.165) is 58.8 Å². The minimum atomic E-state index is -0.685. The molecular formula is C33H31Cl2NO2S2. The quantitative estimate of drug-likeness (QED) is 0.174. The molecule has 2 saturated carbocycles. The summed E-state index contributed by atoms with van der Waals surface area (Å²) in [6.07, 6.45) is 11.1. The van der Waals surface area contributed by atoms with Crippen LogP contribution in [0.25, 0.3) is 22.4 Å². The number of halogens is 2. The van der Waals surface area contributed by atoms with Crippen LogP contribution in [0.3, 0.4) is 0 Å². The van der Waals surface area contributed by atoms with Gasteiger partial charge in [0.1, 0.15) is 9.85 Å². The zero-order chi connectivity index (χ0) is 27.7. The lowest BCUT2D eigenvalue weighted by atomic mass is 10.00. The van der Waals surface area contributed by atoms with Crippen LogP contribution in [-0.2, 0) is 11.2 Å². The number of thiophene rings is 1. The first-order chi connectivity index (χ1) is 19.4. The second kappa shape index (κ2) is 11.9. The van der Waals surface area contributed by atoms with Crippen LogP contribution < -0.4 is 0 Å². The summed E-state index contributed by atoms with van der Waals surface area (Å²) in [6, 6.07) is 21.9. The van der Waals surface area contributed by atoms with E-state index in [0.29, 0.717) is 14.6 Å². The zero-order valence-corrected chi connectivity index (χ0v) is 25.3. The molecule has 1 unspecified atom stereocenters. The number of hydrogen-bond donors (Lipinski definition) is 1. The second-order valence-corrected chi connectivity index (χ2v) is 14.4. The van der Waals surface area contributed by atoms with Crippen molar-refractivity contribution in [2.45, 2.75) is 56.1 Å². The number of pyridine rings is 1. The van der Waals surface area contributed by atoms with Gasteiger partial charge >= 0.3 is 5.97 Å². The normalized spacial score (nSPS) is 16.9.